The van der Waals surface area contributed by atoms with Crippen LogP contribution in [0.2, 0.25) is 0 Å². The maximum absolute atomic E-state index is 5.26. The minimum atomic E-state index is 0.646. The average molecular weight is 369 g/mol. The Morgan fingerprint density at radius 2 is 2.07 bits per heavy atom. The molecule has 5 nitrogen and oxygen atoms in total. The van der Waals surface area contributed by atoms with E-state index in [9.17, 15) is 0 Å². The van der Waals surface area contributed by atoms with Crippen molar-refractivity contribution in [3.8, 4) is 0 Å². The van der Waals surface area contributed by atoms with E-state index in [2.05, 4.69) is 57.6 Å². The van der Waals surface area contributed by atoms with Gasteiger partial charge in [0.15, 0.2) is 5.96 Å². The zero-order valence-corrected chi connectivity index (χ0v) is 17.0. The Morgan fingerprint density at radius 3 is 2.70 bits per heavy atom. The molecule has 27 heavy (non-hydrogen) atoms. The first-order valence-electron chi connectivity index (χ1n) is 10.1. The SMILES string of the molecule is CCC1CN(C(=NC)NCCc2c(C)noc2C)CCC1c1ccccc1. The van der Waals surface area contributed by atoms with Gasteiger partial charge in [0.25, 0.3) is 0 Å². The third-order valence-electron chi connectivity index (χ3n) is 5.84. The van der Waals surface area contributed by atoms with Gasteiger partial charge in [0.05, 0.1) is 5.69 Å². The van der Waals surface area contributed by atoms with Crippen LogP contribution < -0.4 is 5.32 Å². The highest BCUT2D eigenvalue weighted by molar-refractivity contribution is 5.80. The van der Waals surface area contributed by atoms with Crippen molar-refractivity contribution in [1.82, 2.24) is 15.4 Å². The molecule has 1 aliphatic rings. The molecule has 146 valence electrons. The van der Waals surface area contributed by atoms with Crippen LogP contribution in [0.25, 0.3) is 0 Å². The molecule has 5 heteroatoms. The number of benzene rings is 1. The first-order valence-corrected chi connectivity index (χ1v) is 10.1. The molecule has 2 heterocycles. The van der Waals surface area contributed by atoms with E-state index in [0.29, 0.717) is 11.8 Å². The van der Waals surface area contributed by atoms with Crippen molar-refractivity contribution in [1.29, 1.82) is 0 Å². The number of hydrogen-bond acceptors (Lipinski definition) is 3. The van der Waals surface area contributed by atoms with Gasteiger partial charge in [-0.2, -0.15) is 0 Å². The van der Waals surface area contributed by atoms with Crippen molar-refractivity contribution in [3.63, 3.8) is 0 Å². The lowest BCUT2D eigenvalue weighted by molar-refractivity contribution is 0.216. The lowest BCUT2D eigenvalue weighted by Gasteiger charge is -2.40. The number of nitrogens with one attached hydrogen (secondary N) is 1. The number of nitrogens with zero attached hydrogens (tertiary/aromatic N) is 3. The van der Waals surface area contributed by atoms with Crippen LogP contribution >= 0.6 is 0 Å². The highest BCUT2D eigenvalue weighted by atomic mass is 16.5. The zero-order chi connectivity index (χ0) is 19.2. The minimum Gasteiger partial charge on any atom is -0.361 e. The summed E-state index contributed by atoms with van der Waals surface area (Å²) in [6.45, 7) is 9.22. The van der Waals surface area contributed by atoms with Gasteiger partial charge >= 0.3 is 0 Å². The Bertz CT molecular complexity index is 733. The molecule has 1 saturated heterocycles. The van der Waals surface area contributed by atoms with E-state index in [4.69, 9.17) is 4.52 Å². The fourth-order valence-corrected chi connectivity index (χ4v) is 4.27. The van der Waals surface area contributed by atoms with Crippen LogP contribution in [-0.4, -0.2) is 42.7 Å². The summed E-state index contributed by atoms with van der Waals surface area (Å²) in [4.78, 5) is 6.95. The quantitative estimate of drug-likeness (QED) is 0.642. The molecule has 0 aliphatic carbocycles. The monoisotopic (exact) mass is 368 g/mol. The Morgan fingerprint density at radius 1 is 1.30 bits per heavy atom. The number of piperidine rings is 1. The van der Waals surface area contributed by atoms with Gasteiger partial charge in [-0.15, -0.1) is 0 Å². The van der Waals surface area contributed by atoms with Crippen LogP contribution in [0.4, 0.5) is 0 Å². The molecule has 0 saturated carbocycles. The topological polar surface area (TPSA) is 53.7 Å². The second kappa shape index (κ2) is 9.07. The standard InChI is InChI=1S/C22H32N4O/c1-5-18-15-26(14-12-21(18)19-9-7-6-8-10-19)22(23-4)24-13-11-20-16(2)25-27-17(20)3/h6-10,18,21H,5,11-15H2,1-4H3,(H,23,24). The molecule has 0 radical (unpaired) electrons. The van der Waals surface area contributed by atoms with Crippen LogP contribution in [0.1, 0.15) is 48.3 Å². The second-order valence-electron chi connectivity index (χ2n) is 7.45. The second-order valence-corrected chi connectivity index (χ2v) is 7.45. The highest BCUT2D eigenvalue weighted by Gasteiger charge is 2.30. The summed E-state index contributed by atoms with van der Waals surface area (Å²) in [5.41, 5.74) is 3.66. The van der Waals surface area contributed by atoms with Gasteiger partial charge in [0.1, 0.15) is 5.76 Å². The van der Waals surface area contributed by atoms with Crippen molar-refractivity contribution < 1.29 is 4.52 Å². The fraction of sp³-hybridized carbons (Fsp3) is 0.545. The molecule has 2 aromatic rings. The number of likely N-dealkylation sites (tertiary alicyclic amines) is 1. The third-order valence-corrected chi connectivity index (χ3v) is 5.84. The van der Waals surface area contributed by atoms with E-state index in [1.807, 2.05) is 20.9 Å². The summed E-state index contributed by atoms with van der Waals surface area (Å²) in [5.74, 6) is 3.22. The number of aryl methyl sites for hydroxylation is 2. The number of guanidine groups is 1. The van der Waals surface area contributed by atoms with E-state index >= 15 is 0 Å². The van der Waals surface area contributed by atoms with E-state index in [-0.39, 0.29) is 0 Å². The zero-order valence-electron chi connectivity index (χ0n) is 17.0. The van der Waals surface area contributed by atoms with Crippen molar-refractivity contribution in [3.05, 3.63) is 52.9 Å². The average Bonchev–Trinajstić information content (AvgIpc) is 3.03. The molecule has 3 rings (SSSR count). The Balaban J connectivity index is 1.58. The van der Waals surface area contributed by atoms with E-state index in [0.717, 1.165) is 43.5 Å². The van der Waals surface area contributed by atoms with Crippen LogP contribution in [0, 0.1) is 19.8 Å². The maximum Gasteiger partial charge on any atom is 0.193 e. The first kappa shape index (κ1) is 19.5. The van der Waals surface area contributed by atoms with E-state index in [1.54, 1.807) is 0 Å². The van der Waals surface area contributed by atoms with Gasteiger partial charge in [-0.05, 0) is 44.1 Å². The lowest BCUT2D eigenvalue weighted by Crippen LogP contribution is -2.48. The molecule has 0 spiro atoms. The molecule has 2 atom stereocenters. The molecule has 0 amide bonds. The molecule has 2 unspecified atom stereocenters. The van der Waals surface area contributed by atoms with Gasteiger partial charge in [0.2, 0.25) is 0 Å². The molecule has 1 N–H and O–H groups in total. The number of aromatic nitrogens is 1. The van der Waals surface area contributed by atoms with Crippen LogP contribution in [0.15, 0.2) is 39.8 Å². The van der Waals surface area contributed by atoms with Crippen LogP contribution in [0.5, 0.6) is 0 Å². The Hall–Kier alpha value is -2.30. The normalized spacial score (nSPS) is 20.7. The Labute approximate surface area is 162 Å². The van der Waals surface area contributed by atoms with E-state index in [1.165, 1.54) is 24.0 Å². The van der Waals surface area contributed by atoms with Gasteiger partial charge in [-0.25, -0.2) is 0 Å². The molecular weight excluding hydrogens is 336 g/mol. The van der Waals surface area contributed by atoms with Crippen molar-refractivity contribution >= 4 is 5.96 Å². The lowest BCUT2D eigenvalue weighted by atomic mass is 9.79. The summed E-state index contributed by atoms with van der Waals surface area (Å²) >= 11 is 0. The van der Waals surface area contributed by atoms with Crippen LogP contribution in [0.3, 0.4) is 0 Å². The summed E-state index contributed by atoms with van der Waals surface area (Å²) in [6, 6.07) is 11.0. The number of hydrogen-bond donors (Lipinski definition) is 1. The van der Waals surface area contributed by atoms with Crippen molar-refractivity contribution in [2.45, 2.75) is 46.0 Å². The molecule has 1 aromatic carbocycles. The van der Waals surface area contributed by atoms with Gasteiger partial charge in [-0.3, -0.25) is 4.99 Å². The fourth-order valence-electron chi connectivity index (χ4n) is 4.27. The van der Waals surface area contributed by atoms with Gasteiger partial charge in [0, 0.05) is 32.2 Å². The number of rotatable bonds is 5. The largest absolute Gasteiger partial charge is 0.361 e. The molecular formula is C22H32N4O. The molecule has 0 bridgehead atoms. The maximum atomic E-state index is 5.26. The van der Waals surface area contributed by atoms with Gasteiger partial charge in [-0.1, -0.05) is 48.8 Å². The van der Waals surface area contributed by atoms with Gasteiger partial charge < -0.3 is 14.7 Å². The predicted molar refractivity (Wildman–Crippen MR) is 110 cm³/mol. The summed E-state index contributed by atoms with van der Waals surface area (Å²) in [7, 11) is 1.88. The Kier molecular flexibility index (Phi) is 6.54. The van der Waals surface area contributed by atoms with Crippen molar-refractivity contribution in [2.75, 3.05) is 26.7 Å². The predicted octanol–water partition coefficient (Wildman–Crippen LogP) is 3.93. The van der Waals surface area contributed by atoms with Crippen LogP contribution in [-0.2, 0) is 6.42 Å². The minimum absolute atomic E-state index is 0.646. The molecule has 1 aromatic heterocycles. The number of aliphatic imine (C=N–C) groups is 1. The summed E-state index contributed by atoms with van der Waals surface area (Å²) < 4.78 is 5.26. The summed E-state index contributed by atoms with van der Waals surface area (Å²) in [6.07, 6.45) is 3.26. The smallest absolute Gasteiger partial charge is 0.193 e. The van der Waals surface area contributed by atoms with E-state index < -0.39 is 0 Å². The van der Waals surface area contributed by atoms with Crippen molar-refractivity contribution in [2.24, 2.45) is 10.9 Å². The first-order chi connectivity index (χ1) is 13.1. The highest BCUT2D eigenvalue weighted by Crippen LogP contribution is 2.34. The summed E-state index contributed by atoms with van der Waals surface area (Å²) in [5, 5.41) is 7.58. The molecule has 1 fully saturated rings. The third kappa shape index (κ3) is 4.52. The molecule has 1 aliphatic heterocycles.